The summed E-state index contributed by atoms with van der Waals surface area (Å²) in [5.41, 5.74) is -3.75. The summed E-state index contributed by atoms with van der Waals surface area (Å²) in [7, 11) is 2.27. The summed E-state index contributed by atoms with van der Waals surface area (Å²) >= 11 is 5.90. The van der Waals surface area contributed by atoms with Crippen molar-refractivity contribution in [3.8, 4) is 22.9 Å². The molecule has 1 aromatic carbocycles. The van der Waals surface area contributed by atoms with Gasteiger partial charge in [-0.15, -0.1) is 0 Å². The van der Waals surface area contributed by atoms with Crippen LogP contribution in [0.5, 0.6) is 11.6 Å². The average molecular weight is 471 g/mol. The van der Waals surface area contributed by atoms with Gasteiger partial charge in [-0.25, -0.2) is 4.79 Å². The molecule has 0 spiro atoms. The van der Waals surface area contributed by atoms with E-state index in [1.165, 1.54) is 12.1 Å². The number of hydrogen-bond donors (Lipinski definition) is 3. The number of benzene rings is 1. The van der Waals surface area contributed by atoms with Gasteiger partial charge < -0.3 is 15.5 Å². The standard InChI is InChI=1S/C19H14ClF3N4O5/c1-26-16(30)13(17(31)27(2)18(26)32)15(29)25-11-4-3-8(5-12(11)28)14-10(20)6-9(7-24-14)19(21,22)23/h3-7,28,30H,1-2H3,(H,25,29). The molecular weight excluding hydrogens is 457 g/mol. The molecule has 3 rings (SSSR count). The number of amides is 1. The third-order valence-electron chi connectivity index (χ3n) is 4.55. The van der Waals surface area contributed by atoms with Gasteiger partial charge in [0, 0.05) is 25.9 Å². The van der Waals surface area contributed by atoms with Gasteiger partial charge in [0.05, 0.1) is 22.0 Å². The van der Waals surface area contributed by atoms with Crippen LogP contribution in [0.1, 0.15) is 15.9 Å². The Morgan fingerprint density at radius 3 is 2.34 bits per heavy atom. The van der Waals surface area contributed by atoms with E-state index in [1.807, 2.05) is 0 Å². The molecule has 9 nitrogen and oxygen atoms in total. The van der Waals surface area contributed by atoms with Crippen molar-refractivity contribution >= 4 is 23.2 Å². The Kier molecular flexibility index (Phi) is 5.75. The zero-order valence-electron chi connectivity index (χ0n) is 16.4. The number of rotatable bonds is 3. The van der Waals surface area contributed by atoms with Gasteiger partial charge >= 0.3 is 11.9 Å². The summed E-state index contributed by atoms with van der Waals surface area (Å²) in [5.74, 6) is -2.49. The van der Waals surface area contributed by atoms with Crippen molar-refractivity contribution in [1.29, 1.82) is 0 Å². The molecule has 0 fully saturated rings. The summed E-state index contributed by atoms with van der Waals surface area (Å²) in [6.45, 7) is 0. The maximum absolute atomic E-state index is 12.8. The van der Waals surface area contributed by atoms with Gasteiger partial charge in [-0.1, -0.05) is 17.7 Å². The van der Waals surface area contributed by atoms with Gasteiger partial charge in [-0.3, -0.25) is 23.7 Å². The van der Waals surface area contributed by atoms with Crippen LogP contribution in [-0.2, 0) is 20.3 Å². The largest absolute Gasteiger partial charge is 0.506 e. The summed E-state index contributed by atoms with van der Waals surface area (Å²) < 4.78 is 39.6. The quantitative estimate of drug-likeness (QED) is 0.505. The summed E-state index contributed by atoms with van der Waals surface area (Å²) in [6.07, 6.45) is -4.04. The van der Waals surface area contributed by atoms with Crippen molar-refractivity contribution in [2.75, 3.05) is 5.32 Å². The Labute approximate surface area is 182 Å². The van der Waals surface area contributed by atoms with Gasteiger partial charge in [0.25, 0.3) is 11.5 Å². The van der Waals surface area contributed by atoms with Gasteiger partial charge in [0.2, 0.25) is 5.88 Å². The molecule has 0 aliphatic rings. The highest BCUT2D eigenvalue weighted by Gasteiger charge is 2.31. The first-order valence-corrected chi connectivity index (χ1v) is 9.07. The fourth-order valence-corrected chi connectivity index (χ4v) is 3.08. The van der Waals surface area contributed by atoms with Gasteiger partial charge in [0.1, 0.15) is 5.75 Å². The summed E-state index contributed by atoms with van der Waals surface area (Å²) in [5, 5.41) is 22.2. The van der Waals surface area contributed by atoms with E-state index in [2.05, 4.69) is 10.3 Å². The van der Waals surface area contributed by atoms with Crippen molar-refractivity contribution < 1.29 is 28.2 Å². The number of aromatic hydroxyl groups is 2. The molecule has 3 aromatic rings. The Hall–Kier alpha value is -3.80. The molecule has 32 heavy (non-hydrogen) atoms. The Morgan fingerprint density at radius 1 is 1.12 bits per heavy atom. The minimum atomic E-state index is -4.63. The summed E-state index contributed by atoms with van der Waals surface area (Å²) in [4.78, 5) is 40.2. The molecule has 0 radical (unpaired) electrons. The van der Waals surface area contributed by atoms with Crippen LogP contribution in [0.15, 0.2) is 40.1 Å². The molecule has 0 atom stereocenters. The molecule has 0 unspecified atom stereocenters. The topological polar surface area (TPSA) is 126 Å². The number of aromatic nitrogens is 3. The molecule has 2 aromatic heterocycles. The van der Waals surface area contributed by atoms with Gasteiger partial charge in [0.15, 0.2) is 5.56 Å². The van der Waals surface area contributed by atoms with E-state index in [4.69, 9.17) is 11.6 Å². The average Bonchev–Trinajstić information content (AvgIpc) is 2.71. The number of halogens is 4. The lowest BCUT2D eigenvalue weighted by Gasteiger charge is -2.13. The van der Waals surface area contributed by atoms with Crippen LogP contribution in [0.25, 0.3) is 11.3 Å². The maximum Gasteiger partial charge on any atom is 0.417 e. The van der Waals surface area contributed by atoms with Crippen molar-refractivity contribution in [1.82, 2.24) is 14.1 Å². The number of alkyl halides is 3. The second-order valence-electron chi connectivity index (χ2n) is 6.64. The molecular formula is C19H14ClF3N4O5. The van der Waals surface area contributed by atoms with E-state index in [0.717, 1.165) is 20.2 Å². The molecule has 168 valence electrons. The lowest BCUT2D eigenvalue weighted by atomic mass is 10.1. The van der Waals surface area contributed by atoms with Gasteiger partial charge in [-0.05, 0) is 18.2 Å². The number of phenols is 1. The first-order valence-electron chi connectivity index (χ1n) is 8.69. The maximum atomic E-state index is 12.8. The van der Waals surface area contributed by atoms with Crippen LogP contribution in [0, 0.1) is 0 Å². The SMILES string of the molecule is Cn1c(O)c(C(=O)Nc2ccc(-c3ncc(C(F)(F)F)cc3Cl)cc2O)c(=O)n(C)c1=O. The number of hydrogen-bond acceptors (Lipinski definition) is 6. The van der Waals surface area contributed by atoms with Crippen LogP contribution in [0.3, 0.4) is 0 Å². The van der Waals surface area contributed by atoms with Crippen LogP contribution in [0.4, 0.5) is 18.9 Å². The number of anilines is 1. The number of nitrogens with zero attached hydrogens (tertiary/aromatic N) is 3. The second kappa shape index (κ2) is 8.04. The van der Waals surface area contributed by atoms with Crippen molar-refractivity contribution in [3.63, 3.8) is 0 Å². The molecule has 0 saturated carbocycles. The molecule has 3 N–H and O–H groups in total. The van der Waals surface area contributed by atoms with E-state index < -0.39 is 46.1 Å². The predicted molar refractivity (Wildman–Crippen MR) is 108 cm³/mol. The lowest BCUT2D eigenvalue weighted by molar-refractivity contribution is -0.137. The number of phenolic OH excluding ortho intramolecular Hbond substituents is 1. The third kappa shape index (κ3) is 4.04. The van der Waals surface area contributed by atoms with Crippen molar-refractivity contribution in [3.05, 3.63) is 67.4 Å². The number of pyridine rings is 1. The molecule has 1 amide bonds. The third-order valence-corrected chi connectivity index (χ3v) is 4.84. The fraction of sp³-hybridized carbons (Fsp3) is 0.158. The van der Waals surface area contributed by atoms with E-state index in [1.54, 1.807) is 0 Å². The molecule has 2 heterocycles. The van der Waals surface area contributed by atoms with E-state index in [9.17, 15) is 37.8 Å². The van der Waals surface area contributed by atoms with Crippen LogP contribution < -0.4 is 16.6 Å². The molecule has 0 aliphatic carbocycles. The van der Waals surface area contributed by atoms with E-state index in [-0.39, 0.29) is 22.0 Å². The second-order valence-corrected chi connectivity index (χ2v) is 7.05. The van der Waals surface area contributed by atoms with Gasteiger partial charge in [-0.2, -0.15) is 13.2 Å². The van der Waals surface area contributed by atoms with E-state index >= 15 is 0 Å². The monoisotopic (exact) mass is 470 g/mol. The predicted octanol–water partition coefficient (Wildman–Crippen LogP) is 2.48. The number of nitrogens with one attached hydrogen (secondary N) is 1. The highest BCUT2D eigenvalue weighted by molar-refractivity contribution is 6.33. The van der Waals surface area contributed by atoms with E-state index in [0.29, 0.717) is 21.4 Å². The zero-order valence-corrected chi connectivity index (χ0v) is 17.1. The zero-order chi connectivity index (χ0) is 24.0. The normalized spacial score (nSPS) is 11.4. The summed E-state index contributed by atoms with van der Waals surface area (Å²) in [6, 6.07) is 4.29. The number of carbonyl (C=O) groups excluding carboxylic acids is 1. The minimum absolute atomic E-state index is 0.0441. The number of carbonyl (C=O) groups is 1. The molecule has 0 bridgehead atoms. The van der Waals surface area contributed by atoms with Crippen LogP contribution in [0.2, 0.25) is 5.02 Å². The minimum Gasteiger partial charge on any atom is -0.506 e. The smallest absolute Gasteiger partial charge is 0.417 e. The lowest BCUT2D eigenvalue weighted by Crippen LogP contribution is -2.40. The molecule has 0 saturated heterocycles. The van der Waals surface area contributed by atoms with Crippen molar-refractivity contribution in [2.24, 2.45) is 14.1 Å². The Morgan fingerprint density at radius 2 is 1.78 bits per heavy atom. The first-order chi connectivity index (χ1) is 14.8. The highest BCUT2D eigenvalue weighted by Crippen LogP contribution is 2.36. The van der Waals surface area contributed by atoms with Crippen molar-refractivity contribution in [2.45, 2.75) is 6.18 Å². The fourth-order valence-electron chi connectivity index (χ4n) is 2.81. The van der Waals surface area contributed by atoms with Crippen LogP contribution >= 0.6 is 11.6 Å². The molecule has 13 heteroatoms. The molecule has 0 aliphatic heterocycles. The Bertz CT molecular complexity index is 1360. The Balaban J connectivity index is 1.95. The first kappa shape index (κ1) is 22.9. The van der Waals surface area contributed by atoms with Crippen LogP contribution in [-0.4, -0.2) is 30.2 Å². The highest BCUT2D eigenvalue weighted by atomic mass is 35.5.